The molecule has 0 saturated carbocycles. The Hall–Kier alpha value is -2.02. The van der Waals surface area contributed by atoms with Gasteiger partial charge in [0.15, 0.2) is 5.36 Å². The lowest BCUT2D eigenvalue weighted by Crippen LogP contribution is -2.31. The molecule has 1 aliphatic heterocycles. The zero-order chi connectivity index (χ0) is 16.8. The van der Waals surface area contributed by atoms with Gasteiger partial charge in [0.25, 0.3) is 5.69 Å². The fourth-order valence-electron chi connectivity index (χ4n) is 2.82. The van der Waals surface area contributed by atoms with E-state index in [1.54, 1.807) is 6.07 Å². The highest BCUT2D eigenvalue weighted by Crippen LogP contribution is 2.11. The van der Waals surface area contributed by atoms with E-state index in [2.05, 4.69) is 41.0 Å². The third-order valence-corrected chi connectivity index (χ3v) is 4.19. The summed E-state index contributed by atoms with van der Waals surface area (Å²) in [6, 6.07) is 3.53. The summed E-state index contributed by atoms with van der Waals surface area (Å²) in [6.45, 7) is 10.0. The van der Waals surface area contributed by atoms with Gasteiger partial charge in [0.05, 0.1) is 10.6 Å². The quantitative estimate of drug-likeness (QED) is 0.555. The van der Waals surface area contributed by atoms with Crippen LogP contribution in [0.2, 0.25) is 0 Å². The van der Waals surface area contributed by atoms with E-state index in [0.717, 1.165) is 38.2 Å². The number of nitro benzene ring substituents is 1. The summed E-state index contributed by atoms with van der Waals surface area (Å²) in [4.78, 5) is 21.5. The molecule has 0 radical (unpaired) electrons. The van der Waals surface area contributed by atoms with Crippen molar-refractivity contribution in [3.8, 4) is 0 Å². The summed E-state index contributed by atoms with van der Waals surface area (Å²) < 4.78 is 0. The molecule has 1 unspecified atom stereocenters. The van der Waals surface area contributed by atoms with Gasteiger partial charge in [-0.25, -0.2) is 0 Å². The van der Waals surface area contributed by atoms with Gasteiger partial charge >= 0.3 is 0 Å². The van der Waals surface area contributed by atoms with Crippen LogP contribution in [0.5, 0.6) is 0 Å². The Labute approximate surface area is 136 Å². The number of benzene rings is 1. The van der Waals surface area contributed by atoms with E-state index in [-0.39, 0.29) is 18.4 Å². The molecule has 7 heteroatoms. The van der Waals surface area contributed by atoms with Gasteiger partial charge in [-0.05, 0) is 45.5 Å². The van der Waals surface area contributed by atoms with Gasteiger partial charge in [0, 0.05) is 12.1 Å². The van der Waals surface area contributed by atoms with Gasteiger partial charge in [0.2, 0.25) is 0 Å². The molecule has 7 nitrogen and oxygen atoms in total. The summed E-state index contributed by atoms with van der Waals surface area (Å²) in [6.07, 6.45) is 2.16. The van der Waals surface area contributed by atoms with Crippen LogP contribution in [0.4, 0.5) is 11.4 Å². The standard InChI is InChI=1S/C16H25N5O2/c1-4-20(5-2)10-6-7-12(3)19-13-8-9-14(21(22)23)16-15(13)17-11-18-16/h8-9,12,19H,4-7,10-11H2,1-3H3. The molecule has 1 aromatic rings. The Balaban J connectivity index is 2.01. The van der Waals surface area contributed by atoms with Crippen LogP contribution in [-0.2, 0) is 0 Å². The lowest BCUT2D eigenvalue weighted by molar-refractivity contribution is -0.386. The van der Waals surface area contributed by atoms with Gasteiger partial charge in [-0.15, -0.1) is 0 Å². The number of nitrogens with zero attached hydrogens (tertiary/aromatic N) is 4. The maximum atomic E-state index is 11.0. The van der Waals surface area contributed by atoms with E-state index >= 15 is 0 Å². The van der Waals surface area contributed by atoms with Crippen LogP contribution < -0.4 is 16.0 Å². The Bertz CT molecular complexity index is 670. The fourth-order valence-corrected chi connectivity index (χ4v) is 2.82. The summed E-state index contributed by atoms with van der Waals surface area (Å²) in [5.74, 6) is 0. The van der Waals surface area contributed by atoms with Crippen molar-refractivity contribution >= 4 is 11.4 Å². The van der Waals surface area contributed by atoms with Crippen molar-refractivity contribution < 1.29 is 4.92 Å². The first-order valence-corrected chi connectivity index (χ1v) is 8.22. The van der Waals surface area contributed by atoms with Crippen molar-refractivity contribution in [2.75, 3.05) is 31.6 Å². The molecule has 0 aliphatic carbocycles. The summed E-state index contributed by atoms with van der Waals surface area (Å²) in [7, 11) is 0. The average Bonchev–Trinajstić information content (AvgIpc) is 3.01. The number of nitrogens with one attached hydrogen (secondary N) is 1. The zero-order valence-electron chi connectivity index (χ0n) is 14.1. The molecule has 1 aliphatic rings. The highest BCUT2D eigenvalue weighted by molar-refractivity contribution is 5.49. The van der Waals surface area contributed by atoms with E-state index < -0.39 is 4.92 Å². The van der Waals surface area contributed by atoms with Crippen LogP contribution in [0.3, 0.4) is 0 Å². The molecule has 2 rings (SSSR count). The van der Waals surface area contributed by atoms with Gasteiger partial charge in [-0.3, -0.25) is 20.1 Å². The van der Waals surface area contributed by atoms with E-state index in [1.165, 1.54) is 6.07 Å². The van der Waals surface area contributed by atoms with E-state index in [1.807, 2.05) is 0 Å². The van der Waals surface area contributed by atoms with Crippen molar-refractivity contribution in [3.05, 3.63) is 33.0 Å². The topological polar surface area (TPSA) is 83.1 Å². The number of rotatable bonds is 9. The largest absolute Gasteiger partial charge is 0.381 e. The van der Waals surface area contributed by atoms with Crippen LogP contribution >= 0.6 is 0 Å². The third-order valence-electron chi connectivity index (χ3n) is 4.19. The maximum Gasteiger partial charge on any atom is 0.296 e. The second kappa shape index (κ2) is 8.01. The van der Waals surface area contributed by atoms with Crippen molar-refractivity contribution in [1.82, 2.24) is 4.90 Å². The van der Waals surface area contributed by atoms with Crippen LogP contribution in [0.25, 0.3) is 0 Å². The van der Waals surface area contributed by atoms with Crippen molar-refractivity contribution in [3.63, 3.8) is 0 Å². The minimum Gasteiger partial charge on any atom is -0.381 e. The molecule has 0 aromatic heterocycles. The van der Waals surface area contributed by atoms with E-state index in [0.29, 0.717) is 10.7 Å². The van der Waals surface area contributed by atoms with Crippen LogP contribution in [0.1, 0.15) is 33.6 Å². The molecule has 0 bridgehead atoms. The smallest absolute Gasteiger partial charge is 0.296 e. The highest BCUT2D eigenvalue weighted by Gasteiger charge is 2.17. The average molecular weight is 319 g/mol. The predicted octanol–water partition coefficient (Wildman–Crippen LogP) is 1.73. The van der Waals surface area contributed by atoms with Gasteiger partial charge in [-0.2, -0.15) is 0 Å². The molecule has 0 saturated heterocycles. The molecule has 0 amide bonds. The first-order chi connectivity index (χ1) is 11.1. The molecular weight excluding hydrogens is 294 g/mol. The number of anilines is 1. The zero-order valence-corrected chi connectivity index (χ0v) is 14.1. The molecule has 23 heavy (non-hydrogen) atoms. The molecular formula is C16H25N5O2. The molecule has 1 aromatic carbocycles. The van der Waals surface area contributed by atoms with Crippen molar-refractivity contribution in [1.29, 1.82) is 0 Å². The molecule has 1 N–H and O–H groups in total. The third kappa shape index (κ3) is 4.25. The first kappa shape index (κ1) is 17.3. The SMILES string of the molecule is CCN(CC)CCCC(C)Nc1ccc([N+](=O)[O-])c2c1=NCN=2. The number of non-ortho nitro benzene ring substituents is 1. The second-order valence-corrected chi connectivity index (χ2v) is 5.76. The monoisotopic (exact) mass is 319 g/mol. The Morgan fingerprint density at radius 3 is 2.65 bits per heavy atom. The summed E-state index contributed by atoms with van der Waals surface area (Å²) in [5, 5.41) is 15.5. The lowest BCUT2D eigenvalue weighted by atomic mass is 10.1. The van der Waals surface area contributed by atoms with Crippen LogP contribution in [0.15, 0.2) is 22.1 Å². The number of fused-ring (bicyclic) bond motifs is 1. The molecule has 1 heterocycles. The highest BCUT2D eigenvalue weighted by atomic mass is 16.6. The minimum absolute atomic E-state index is 0.0287. The number of hydrogen-bond acceptors (Lipinski definition) is 6. The normalized spacial score (nSPS) is 14.1. The Morgan fingerprint density at radius 2 is 2.00 bits per heavy atom. The molecule has 0 spiro atoms. The van der Waals surface area contributed by atoms with Crippen molar-refractivity contribution in [2.24, 2.45) is 9.98 Å². The first-order valence-electron chi connectivity index (χ1n) is 8.22. The number of nitro groups is 1. The lowest BCUT2D eigenvalue weighted by Gasteiger charge is -2.20. The van der Waals surface area contributed by atoms with Crippen molar-refractivity contribution in [2.45, 2.75) is 39.7 Å². The van der Waals surface area contributed by atoms with Crippen LogP contribution in [-0.4, -0.2) is 42.2 Å². The van der Waals surface area contributed by atoms with E-state index in [4.69, 9.17) is 0 Å². The van der Waals surface area contributed by atoms with Gasteiger partial charge in [-0.1, -0.05) is 13.8 Å². The minimum atomic E-state index is -0.402. The predicted molar refractivity (Wildman–Crippen MR) is 90.4 cm³/mol. The fraction of sp³-hybridized carbons (Fsp3) is 0.625. The van der Waals surface area contributed by atoms with Gasteiger partial charge < -0.3 is 10.2 Å². The molecule has 1 atom stereocenters. The maximum absolute atomic E-state index is 11.0. The molecule has 0 fully saturated rings. The Kier molecular flexibility index (Phi) is 6.04. The summed E-state index contributed by atoms with van der Waals surface area (Å²) in [5.41, 5.74) is 0.864. The molecule has 126 valence electrons. The summed E-state index contributed by atoms with van der Waals surface area (Å²) >= 11 is 0. The van der Waals surface area contributed by atoms with Gasteiger partial charge in [0.1, 0.15) is 12.0 Å². The van der Waals surface area contributed by atoms with E-state index in [9.17, 15) is 10.1 Å². The second-order valence-electron chi connectivity index (χ2n) is 5.76. The number of hydrogen-bond donors (Lipinski definition) is 1. The Morgan fingerprint density at radius 1 is 1.30 bits per heavy atom. The van der Waals surface area contributed by atoms with Crippen LogP contribution in [0, 0.1) is 10.1 Å².